The van der Waals surface area contributed by atoms with Crippen molar-refractivity contribution in [3.05, 3.63) is 52.4 Å². The van der Waals surface area contributed by atoms with E-state index in [2.05, 4.69) is 25.9 Å². The van der Waals surface area contributed by atoms with E-state index in [0.29, 0.717) is 24.6 Å². The van der Waals surface area contributed by atoms with Crippen LogP contribution in [0, 0.1) is 0 Å². The maximum Gasteiger partial charge on any atom is 0.312 e. The lowest BCUT2D eigenvalue weighted by Gasteiger charge is -2.13. The number of rotatable bonds is 6. The summed E-state index contributed by atoms with van der Waals surface area (Å²) in [7, 11) is 0. The Morgan fingerprint density at radius 1 is 1.33 bits per heavy atom. The molecule has 0 fully saturated rings. The lowest BCUT2D eigenvalue weighted by Crippen LogP contribution is -2.16. The summed E-state index contributed by atoms with van der Waals surface area (Å²) >= 11 is 3.36. The Hall–Kier alpha value is -1.95. The fourth-order valence-electron chi connectivity index (χ4n) is 1.95. The van der Waals surface area contributed by atoms with Crippen molar-refractivity contribution < 1.29 is 14.6 Å². The Labute approximate surface area is 131 Å². The van der Waals surface area contributed by atoms with Gasteiger partial charge < -0.3 is 9.84 Å². The van der Waals surface area contributed by atoms with Gasteiger partial charge in [-0.25, -0.2) is 9.97 Å². The quantitative estimate of drug-likeness (QED) is 0.866. The summed E-state index contributed by atoms with van der Waals surface area (Å²) in [5.41, 5.74) is 1.38. The summed E-state index contributed by atoms with van der Waals surface area (Å²) in [6.07, 6.45) is 1.70. The zero-order valence-electron chi connectivity index (χ0n) is 11.5. The maximum absolute atomic E-state index is 11.5. The lowest BCUT2D eigenvalue weighted by atomic mass is 9.96. The maximum atomic E-state index is 11.5. The van der Waals surface area contributed by atoms with E-state index < -0.39 is 11.9 Å². The van der Waals surface area contributed by atoms with E-state index in [4.69, 9.17) is 4.74 Å². The fourth-order valence-corrected chi connectivity index (χ4v) is 2.21. The minimum Gasteiger partial charge on any atom is -0.481 e. The highest BCUT2D eigenvalue weighted by Crippen LogP contribution is 2.22. The van der Waals surface area contributed by atoms with Crippen molar-refractivity contribution in [3.8, 4) is 5.88 Å². The number of ether oxygens (including phenoxy) is 1. The molecule has 0 aliphatic rings. The van der Waals surface area contributed by atoms with Gasteiger partial charge in [0.1, 0.15) is 12.2 Å². The van der Waals surface area contributed by atoms with Crippen LogP contribution in [0.2, 0.25) is 0 Å². The van der Waals surface area contributed by atoms with Crippen molar-refractivity contribution >= 4 is 21.9 Å². The van der Waals surface area contributed by atoms with Gasteiger partial charge in [0.2, 0.25) is 5.88 Å². The first-order valence-electron chi connectivity index (χ1n) is 6.52. The molecule has 1 aromatic carbocycles. The van der Waals surface area contributed by atoms with Gasteiger partial charge in [0.25, 0.3) is 0 Å². The van der Waals surface area contributed by atoms with E-state index in [-0.39, 0.29) is 0 Å². The highest BCUT2D eigenvalue weighted by molar-refractivity contribution is 9.10. The van der Waals surface area contributed by atoms with Crippen molar-refractivity contribution in [3.63, 3.8) is 0 Å². The number of carboxylic acid groups (broad SMARTS) is 1. The molecular weight excluding hydrogens is 336 g/mol. The number of carboxylic acids is 1. The Kier molecular flexibility index (Phi) is 5.27. The molecule has 1 heterocycles. The van der Waals surface area contributed by atoms with Gasteiger partial charge in [-0.3, -0.25) is 4.79 Å². The number of aliphatic carboxylic acids is 1. The molecule has 1 aromatic heterocycles. The molecule has 0 bridgehead atoms. The van der Waals surface area contributed by atoms with Gasteiger partial charge in [-0.1, -0.05) is 28.1 Å². The predicted octanol–water partition coefficient (Wildman–Crippen LogP) is 3.05. The average Bonchev–Trinajstić information content (AvgIpc) is 2.47. The van der Waals surface area contributed by atoms with E-state index in [9.17, 15) is 9.90 Å². The van der Waals surface area contributed by atoms with Gasteiger partial charge in [0.15, 0.2) is 0 Å². The molecule has 0 saturated heterocycles. The molecule has 0 saturated carbocycles. The van der Waals surface area contributed by atoms with Crippen LogP contribution < -0.4 is 4.74 Å². The Morgan fingerprint density at radius 3 is 2.67 bits per heavy atom. The smallest absolute Gasteiger partial charge is 0.312 e. The second-order valence-electron chi connectivity index (χ2n) is 4.44. The molecule has 2 aromatic rings. The van der Waals surface area contributed by atoms with Crippen molar-refractivity contribution in [2.45, 2.75) is 19.3 Å². The number of aromatic nitrogens is 2. The zero-order valence-corrected chi connectivity index (χ0v) is 13.1. The van der Waals surface area contributed by atoms with E-state index >= 15 is 0 Å². The second-order valence-corrected chi connectivity index (χ2v) is 5.35. The fraction of sp³-hybridized carbons (Fsp3) is 0.267. The Bertz CT molecular complexity index is 617. The standard InChI is InChI=1S/C15H15BrN2O3/c1-2-21-14-8-13(17-9-18-14)12(15(19)20)7-10-3-5-11(16)6-4-10/h3-6,8-9,12H,2,7H2,1H3,(H,19,20). The second kappa shape index (κ2) is 7.17. The highest BCUT2D eigenvalue weighted by Gasteiger charge is 2.22. The van der Waals surface area contributed by atoms with Crippen molar-refractivity contribution in [1.29, 1.82) is 0 Å². The number of benzene rings is 1. The predicted molar refractivity (Wildman–Crippen MR) is 81.4 cm³/mol. The van der Waals surface area contributed by atoms with Crippen LogP contribution in [-0.2, 0) is 11.2 Å². The summed E-state index contributed by atoms with van der Waals surface area (Å²) in [5.74, 6) is -1.25. The van der Waals surface area contributed by atoms with Crippen LogP contribution in [0.15, 0.2) is 41.1 Å². The van der Waals surface area contributed by atoms with Crippen LogP contribution in [-0.4, -0.2) is 27.7 Å². The molecule has 2 rings (SSSR count). The third kappa shape index (κ3) is 4.26. The van der Waals surface area contributed by atoms with Crippen LogP contribution in [0.25, 0.3) is 0 Å². The first-order valence-corrected chi connectivity index (χ1v) is 7.31. The van der Waals surface area contributed by atoms with Gasteiger partial charge in [-0.2, -0.15) is 0 Å². The van der Waals surface area contributed by atoms with Crippen LogP contribution in [0.3, 0.4) is 0 Å². The Morgan fingerprint density at radius 2 is 2.05 bits per heavy atom. The summed E-state index contributed by atoms with van der Waals surface area (Å²) in [5, 5.41) is 9.45. The molecule has 110 valence electrons. The average molecular weight is 351 g/mol. The van der Waals surface area contributed by atoms with Gasteiger partial charge in [0.05, 0.1) is 12.3 Å². The summed E-state index contributed by atoms with van der Waals surface area (Å²) in [6.45, 7) is 2.32. The number of hydrogen-bond donors (Lipinski definition) is 1. The summed E-state index contributed by atoms with van der Waals surface area (Å²) in [4.78, 5) is 19.6. The van der Waals surface area contributed by atoms with E-state index in [0.717, 1.165) is 10.0 Å². The van der Waals surface area contributed by atoms with Crippen molar-refractivity contribution in [2.75, 3.05) is 6.61 Å². The summed E-state index contributed by atoms with van der Waals surface area (Å²) < 4.78 is 6.25. The number of halogens is 1. The monoisotopic (exact) mass is 350 g/mol. The first kappa shape index (κ1) is 15.4. The lowest BCUT2D eigenvalue weighted by molar-refractivity contribution is -0.138. The largest absolute Gasteiger partial charge is 0.481 e. The molecule has 1 atom stereocenters. The van der Waals surface area contributed by atoms with Crippen LogP contribution in [0.1, 0.15) is 24.1 Å². The zero-order chi connectivity index (χ0) is 15.2. The molecular formula is C15H15BrN2O3. The van der Waals surface area contributed by atoms with Gasteiger partial charge in [-0.15, -0.1) is 0 Å². The number of hydrogen-bond acceptors (Lipinski definition) is 4. The van der Waals surface area contributed by atoms with E-state index in [1.54, 1.807) is 6.07 Å². The third-order valence-electron chi connectivity index (χ3n) is 2.96. The highest BCUT2D eigenvalue weighted by atomic mass is 79.9. The summed E-state index contributed by atoms with van der Waals surface area (Å²) in [6, 6.07) is 9.15. The van der Waals surface area contributed by atoms with E-state index in [1.165, 1.54) is 6.33 Å². The van der Waals surface area contributed by atoms with Crippen molar-refractivity contribution in [1.82, 2.24) is 9.97 Å². The van der Waals surface area contributed by atoms with Gasteiger partial charge >= 0.3 is 5.97 Å². The van der Waals surface area contributed by atoms with Crippen LogP contribution >= 0.6 is 15.9 Å². The molecule has 1 N–H and O–H groups in total. The molecule has 0 spiro atoms. The molecule has 21 heavy (non-hydrogen) atoms. The van der Waals surface area contributed by atoms with Gasteiger partial charge in [-0.05, 0) is 31.0 Å². The van der Waals surface area contributed by atoms with Gasteiger partial charge in [0, 0.05) is 10.5 Å². The normalized spacial score (nSPS) is 11.9. The van der Waals surface area contributed by atoms with Crippen LogP contribution in [0.4, 0.5) is 0 Å². The minimum absolute atomic E-state index is 0.366. The molecule has 0 aliphatic carbocycles. The molecule has 0 radical (unpaired) electrons. The SMILES string of the molecule is CCOc1cc(C(Cc2ccc(Br)cc2)C(=O)O)ncn1. The third-order valence-corrected chi connectivity index (χ3v) is 3.49. The molecule has 6 heteroatoms. The topological polar surface area (TPSA) is 72.3 Å². The van der Waals surface area contributed by atoms with Crippen LogP contribution in [0.5, 0.6) is 5.88 Å². The van der Waals surface area contributed by atoms with Crippen molar-refractivity contribution in [2.24, 2.45) is 0 Å². The minimum atomic E-state index is -0.918. The van der Waals surface area contributed by atoms with E-state index in [1.807, 2.05) is 31.2 Å². The molecule has 0 aliphatic heterocycles. The molecule has 5 nitrogen and oxygen atoms in total. The number of nitrogens with zero attached hydrogens (tertiary/aromatic N) is 2. The Balaban J connectivity index is 2.24. The first-order chi connectivity index (χ1) is 10.1. The number of carbonyl (C=O) groups is 1. The molecule has 1 unspecified atom stereocenters. The molecule has 0 amide bonds.